The largest absolute Gasteiger partial charge is 0.192 e. The van der Waals surface area contributed by atoms with Crippen LogP contribution in [0.2, 0.25) is 0 Å². The smallest absolute Gasteiger partial charge is 0.101 e. The van der Waals surface area contributed by atoms with Crippen LogP contribution in [-0.4, -0.2) is 9.45 Å². The highest BCUT2D eigenvalue weighted by Gasteiger charge is 2.15. The van der Waals surface area contributed by atoms with E-state index in [1.165, 1.54) is 17.8 Å². The average molecular weight is 271 g/mol. The van der Waals surface area contributed by atoms with Crippen molar-refractivity contribution in [2.24, 2.45) is 0 Å². The molecular formula is C13H9N3S2. The predicted octanol–water partition coefficient (Wildman–Crippen LogP) is 3.12. The summed E-state index contributed by atoms with van der Waals surface area (Å²) in [5.74, 6) is 0. The highest BCUT2D eigenvalue weighted by Crippen LogP contribution is 2.24. The van der Waals surface area contributed by atoms with Gasteiger partial charge in [0.2, 0.25) is 0 Å². The highest BCUT2D eigenvalue weighted by atomic mass is 32.2. The second-order valence-electron chi connectivity index (χ2n) is 3.74. The molecule has 0 saturated heterocycles. The molecule has 0 saturated carbocycles. The summed E-state index contributed by atoms with van der Waals surface area (Å²) in [6.07, 6.45) is 0. The maximum atomic E-state index is 9.12. The summed E-state index contributed by atoms with van der Waals surface area (Å²) in [5, 5.41) is 27.3. The molecule has 3 nitrogen and oxygen atoms in total. The van der Waals surface area contributed by atoms with Crippen LogP contribution in [0.25, 0.3) is 0 Å². The lowest BCUT2D eigenvalue weighted by Crippen LogP contribution is -2.03. The Balaban J connectivity index is 3.44. The summed E-state index contributed by atoms with van der Waals surface area (Å²) in [6, 6.07) is 8.86. The molecule has 0 fully saturated rings. The van der Waals surface area contributed by atoms with Gasteiger partial charge in [-0.3, -0.25) is 0 Å². The van der Waals surface area contributed by atoms with Gasteiger partial charge in [-0.15, -0.1) is 11.8 Å². The lowest BCUT2D eigenvalue weighted by molar-refractivity contribution is 1.12. The minimum absolute atomic E-state index is 0.193. The van der Waals surface area contributed by atoms with Gasteiger partial charge in [-0.05, 0) is 12.1 Å². The Kier molecular flexibility index (Phi) is 4.86. The number of hydrogen-bond donors (Lipinski definition) is 0. The first-order chi connectivity index (χ1) is 8.53. The monoisotopic (exact) mass is 271 g/mol. The van der Waals surface area contributed by atoms with E-state index in [-0.39, 0.29) is 16.4 Å². The molecule has 0 radical (unpaired) electrons. The molecule has 1 rings (SSSR count). The number of nitriles is 3. The minimum Gasteiger partial charge on any atom is -0.192 e. The second kappa shape index (κ2) is 6.17. The Morgan fingerprint density at radius 3 is 2.28 bits per heavy atom. The van der Waals surface area contributed by atoms with E-state index in [1.54, 1.807) is 6.07 Å². The molecule has 1 aromatic rings. The standard InChI is InChI=1S/C13H9N3S2/c1-8(2)18-13(17)11-4-9(5-14)3-10(6-15)12(11)7-16/h3-4,8H,1-2H3. The van der Waals surface area contributed by atoms with Crippen molar-refractivity contribution in [3.05, 3.63) is 34.4 Å². The van der Waals surface area contributed by atoms with E-state index in [0.717, 1.165) is 0 Å². The Hall–Kier alpha value is -1.87. The number of hydrogen-bond acceptors (Lipinski definition) is 5. The SMILES string of the molecule is CC(C)SC(=S)c1cc(C#N)cc(C#N)c1C#N. The predicted molar refractivity (Wildman–Crippen MR) is 75.0 cm³/mol. The Bertz CT molecular complexity index is 613. The van der Waals surface area contributed by atoms with Crippen LogP contribution >= 0.6 is 24.0 Å². The van der Waals surface area contributed by atoms with Crippen LogP contribution in [0.5, 0.6) is 0 Å². The number of thiocarbonyl (C=S) groups is 1. The normalized spacial score (nSPS) is 9.33. The van der Waals surface area contributed by atoms with Crippen LogP contribution in [0, 0.1) is 34.0 Å². The molecule has 1 aromatic carbocycles. The molecule has 0 aliphatic carbocycles. The fourth-order valence-corrected chi connectivity index (χ4v) is 2.81. The first-order valence-corrected chi connectivity index (χ1v) is 6.41. The fourth-order valence-electron chi connectivity index (χ4n) is 1.35. The van der Waals surface area contributed by atoms with Gasteiger partial charge in [-0.1, -0.05) is 26.1 Å². The van der Waals surface area contributed by atoms with Gasteiger partial charge in [-0.2, -0.15) is 15.8 Å². The molecular weight excluding hydrogens is 262 g/mol. The van der Waals surface area contributed by atoms with Crippen LogP contribution in [0.15, 0.2) is 12.1 Å². The summed E-state index contributed by atoms with van der Waals surface area (Å²) in [4.78, 5) is 0. The van der Waals surface area contributed by atoms with Crippen molar-refractivity contribution in [1.29, 1.82) is 15.8 Å². The van der Waals surface area contributed by atoms with Crippen molar-refractivity contribution in [3.8, 4) is 18.2 Å². The molecule has 0 aromatic heterocycles. The second-order valence-corrected chi connectivity index (χ2v) is 5.99. The first kappa shape index (κ1) is 14.2. The third-order valence-electron chi connectivity index (χ3n) is 2.06. The number of nitrogens with zero attached hydrogens (tertiary/aromatic N) is 3. The van der Waals surface area contributed by atoms with Crippen LogP contribution in [-0.2, 0) is 0 Å². The Morgan fingerprint density at radius 1 is 1.17 bits per heavy atom. The van der Waals surface area contributed by atoms with Crippen molar-refractivity contribution in [2.75, 3.05) is 0 Å². The van der Waals surface area contributed by atoms with Crippen LogP contribution in [0.1, 0.15) is 36.1 Å². The van der Waals surface area contributed by atoms with Gasteiger partial charge in [-0.25, -0.2) is 0 Å². The summed E-state index contributed by atoms with van der Waals surface area (Å²) in [7, 11) is 0. The van der Waals surface area contributed by atoms with Gasteiger partial charge in [0, 0.05) is 10.8 Å². The average Bonchev–Trinajstić information content (AvgIpc) is 2.35. The molecule has 0 N–H and O–H groups in total. The van der Waals surface area contributed by atoms with Gasteiger partial charge < -0.3 is 0 Å². The molecule has 5 heteroatoms. The number of benzene rings is 1. The van der Waals surface area contributed by atoms with E-state index >= 15 is 0 Å². The van der Waals surface area contributed by atoms with Crippen molar-refractivity contribution >= 4 is 28.2 Å². The maximum Gasteiger partial charge on any atom is 0.101 e. The van der Waals surface area contributed by atoms with Crippen LogP contribution < -0.4 is 0 Å². The summed E-state index contributed by atoms with van der Waals surface area (Å²) in [5.41, 5.74) is 1.28. The van der Waals surface area contributed by atoms with E-state index < -0.39 is 0 Å². The zero-order valence-corrected chi connectivity index (χ0v) is 11.5. The molecule has 0 unspecified atom stereocenters. The Morgan fingerprint density at radius 2 is 1.83 bits per heavy atom. The van der Waals surface area contributed by atoms with Crippen LogP contribution in [0.4, 0.5) is 0 Å². The van der Waals surface area contributed by atoms with E-state index in [4.69, 9.17) is 28.0 Å². The van der Waals surface area contributed by atoms with Gasteiger partial charge >= 0.3 is 0 Å². The molecule has 88 valence electrons. The lowest BCUT2D eigenvalue weighted by Gasteiger charge is -2.09. The molecule has 0 aliphatic rings. The zero-order chi connectivity index (χ0) is 13.7. The van der Waals surface area contributed by atoms with Crippen LogP contribution in [0.3, 0.4) is 0 Å². The zero-order valence-electron chi connectivity index (χ0n) is 9.89. The molecule has 0 aliphatic heterocycles. The van der Waals surface area contributed by atoms with Crippen molar-refractivity contribution in [2.45, 2.75) is 19.1 Å². The minimum atomic E-state index is 0.193. The van der Waals surface area contributed by atoms with Gasteiger partial charge in [0.25, 0.3) is 0 Å². The van der Waals surface area contributed by atoms with E-state index in [2.05, 4.69) is 0 Å². The van der Waals surface area contributed by atoms with Gasteiger partial charge in [0.05, 0.1) is 27.0 Å². The molecule has 0 atom stereocenters. The van der Waals surface area contributed by atoms with Gasteiger partial charge in [0.15, 0.2) is 0 Å². The molecule has 0 spiro atoms. The molecule has 0 amide bonds. The third kappa shape index (κ3) is 3.08. The number of thioether (sulfide) groups is 1. The maximum absolute atomic E-state index is 9.12. The molecule has 0 heterocycles. The quantitative estimate of drug-likeness (QED) is 0.773. The highest BCUT2D eigenvalue weighted by molar-refractivity contribution is 8.24. The topological polar surface area (TPSA) is 71.4 Å². The van der Waals surface area contributed by atoms with E-state index in [0.29, 0.717) is 15.3 Å². The third-order valence-corrected chi connectivity index (χ3v) is 3.48. The summed E-state index contributed by atoms with van der Waals surface area (Å²) in [6.45, 7) is 3.98. The van der Waals surface area contributed by atoms with Crippen molar-refractivity contribution in [3.63, 3.8) is 0 Å². The Labute approximate surface area is 116 Å². The van der Waals surface area contributed by atoms with E-state index in [9.17, 15) is 0 Å². The molecule has 0 bridgehead atoms. The van der Waals surface area contributed by atoms with Gasteiger partial charge in [0.1, 0.15) is 12.1 Å². The summed E-state index contributed by atoms with van der Waals surface area (Å²) >= 11 is 6.70. The fraction of sp³-hybridized carbons (Fsp3) is 0.231. The lowest BCUT2D eigenvalue weighted by atomic mass is 10.0. The molecule has 18 heavy (non-hydrogen) atoms. The van der Waals surface area contributed by atoms with Crippen molar-refractivity contribution < 1.29 is 0 Å². The summed E-state index contributed by atoms with van der Waals surface area (Å²) < 4.78 is 0.537. The number of rotatable bonds is 2. The van der Waals surface area contributed by atoms with E-state index in [1.807, 2.05) is 32.1 Å². The van der Waals surface area contributed by atoms with Crippen molar-refractivity contribution in [1.82, 2.24) is 0 Å². The first-order valence-electron chi connectivity index (χ1n) is 5.12.